The summed E-state index contributed by atoms with van der Waals surface area (Å²) in [5, 5.41) is 5.01. The molecule has 0 atom stereocenters. The maximum absolute atomic E-state index is 12.7. The Labute approximate surface area is 145 Å². The van der Waals surface area contributed by atoms with Gasteiger partial charge in [0.1, 0.15) is 6.54 Å². The lowest BCUT2D eigenvalue weighted by atomic mass is 10.1. The SMILES string of the molecule is COCCCN(CC(=O)Nc1nccs1)C(=O)c1ccc(C)cc1. The van der Waals surface area contributed by atoms with Crippen molar-refractivity contribution in [1.82, 2.24) is 9.88 Å². The third-order valence-corrected chi connectivity index (χ3v) is 4.06. The van der Waals surface area contributed by atoms with E-state index in [2.05, 4.69) is 10.3 Å². The second kappa shape index (κ2) is 9.14. The summed E-state index contributed by atoms with van der Waals surface area (Å²) in [6.07, 6.45) is 2.28. The van der Waals surface area contributed by atoms with Crippen molar-refractivity contribution in [3.8, 4) is 0 Å². The minimum atomic E-state index is -0.261. The molecule has 1 heterocycles. The number of carbonyl (C=O) groups excluding carboxylic acids is 2. The average Bonchev–Trinajstić information content (AvgIpc) is 3.07. The molecule has 128 valence electrons. The first-order valence-electron chi connectivity index (χ1n) is 7.64. The van der Waals surface area contributed by atoms with E-state index in [1.807, 2.05) is 19.1 Å². The van der Waals surface area contributed by atoms with E-state index < -0.39 is 0 Å². The van der Waals surface area contributed by atoms with Gasteiger partial charge in [0.25, 0.3) is 5.91 Å². The van der Waals surface area contributed by atoms with Crippen LogP contribution in [0.5, 0.6) is 0 Å². The van der Waals surface area contributed by atoms with Crippen molar-refractivity contribution in [3.63, 3.8) is 0 Å². The van der Waals surface area contributed by atoms with Gasteiger partial charge in [-0.1, -0.05) is 17.7 Å². The van der Waals surface area contributed by atoms with Crippen LogP contribution in [0.3, 0.4) is 0 Å². The Morgan fingerprint density at radius 2 is 2.04 bits per heavy atom. The molecule has 0 radical (unpaired) electrons. The summed E-state index contributed by atoms with van der Waals surface area (Å²) in [5.41, 5.74) is 1.65. The van der Waals surface area contributed by atoms with Gasteiger partial charge < -0.3 is 15.0 Å². The number of benzene rings is 1. The number of hydrogen-bond donors (Lipinski definition) is 1. The Kier molecular flexibility index (Phi) is 6.89. The predicted molar refractivity (Wildman–Crippen MR) is 94.3 cm³/mol. The molecule has 0 aliphatic carbocycles. The van der Waals surface area contributed by atoms with Crippen LogP contribution >= 0.6 is 11.3 Å². The number of ether oxygens (including phenoxy) is 1. The zero-order valence-corrected chi connectivity index (χ0v) is 14.6. The topological polar surface area (TPSA) is 71.5 Å². The first kappa shape index (κ1) is 18.1. The monoisotopic (exact) mass is 347 g/mol. The number of amides is 2. The van der Waals surface area contributed by atoms with Crippen LogP contribution in [-0.4, -0.2) is 48.5 Å². The van der Waals surface area contributed by atoms with Gasteiger partial charge in [-0.15, -0.1) is 11.3 Å². The molecule has 2 rings (SSSR count). The fourth-order valence-corrected chi connectivity index (χ4v) is 2.69. The number of methoxy groups -OCH3 is 1. The molecule has 0 aliphatic rings. The van der Waals surface area contributed by atoms with Gasteiger partial charge in [-0.05, 0) is 25.5 Å². The van der Waals surface area contributed by atoms with Gasteiger partial charge in [-0.25, -0.2) is 4.98 Å². The summed E-state index contributed by atoms with van der Waals surface area (Å²) in [5.74, 6) is -0.428. The lowest BCUT2D eigenvalue weighted by Crippen LogP contribution is -2.39. The van der Waals surface area contributed by atoms with Crippen molar-refractivity contribution in [1.29, 1.82) is 0 Å². The van der Waals surface area contributed by atoms with E-state index in [0.29, 0.717) is 30.3 Å². The van der Waals surface area contributed by atoms with Crippen LogP contribution in [0.1, 0.15) is 22.3 Å². The molecular weight excluding hydrogens is 326 g/mol. The van der Waals surface area contributed by atoms with Crippen LogP contribution in [0.4, 0.5) is 5.13 Å². The number of aromatic nitrogens is 1. The number of thiazole rings is 1. The van der Waals surface area contributed by atoms with E-state index >= 15 is 0 Å². The number of rotatable bonds is 8. The second-order valence-electron chi connectivity index (χ2n) is 5.32. The number of anilines is 1. The molecule has 7 heteroatoms. The minimum Gasteiger partial charge on any atom is -0.385 e. The molecule has 0 saturated carbocycles. The van der Waals surface area contributed by atoms with E-state index in [0.717, 1.165) is 5.56 Å². The first-order valence-corrected chi connectivity index (χ1v) is 8.52. The first-order chi connectivity index (χ1) is 11.6. The summed E-state index contributed by atoms with van der Waals surface area (Å²) in [6, 6.07) is 7.33. The van der Waals surface area contributed by atoms with E-state index in [4.69, 9.17) is 4.74 Å². The molecule has 0 spiro atoms. The number of nitrogens with one attached hydrogen (secondary N) is 1. The maximum atomic E-state index is 12.7. The maximum Gasteiger partial charge on any atom is 0.254 e. The van der Waals surface area contributed by atoms with Crippen LogP contribution in [0.2, 0.25) is 0 Å². The fourth-order valence-electron chi connectivity index (χ4n) is 2.15. The Morgan fingerprint density at radius 3 is 2.67 bits per heavy atom. The van der Waals surface area contributed by atoms with Crippen LogP contribution in [-0.2, 0) is 9.53 Å². The Morgan fingerprint density at radius 1 is 1.29 bits per heavy atom. The molecule has 2 amide bonds. The van der Waals surface area contributed by atoms with E-state index in [1.54, 1.807) is 30.8 Å². The highest BCUT2D eigenvalue weighted by Crippen LogP contribution is 2.11. The van der Waals surface area contributed by atoms with Gasteiger partial charge in [0.05, 0.1) is 0 Å². The van der Waals surface area contributed by atoms with E-state index in [9.17, 15) is 9.59 Å². The molecule has 24 heavy (non-hydrogen) atoms. The summed E-state index contributed by atoms with van der Waals surface area (Å²) in [7, 11) is 1.61. The van der Waals surface area contributed by atoms with Gasteiger partial charge in [0.15, 0.2) is 5.13 Å². The standard InChI is InChI=1S/C17H21N3O3S/c1-13-4-6-14(7-5-13)16(22)20(9-3-10-23-2)12-15(21)19-17-18-8-11-24-17/h4-8,11H,3,9-10,12H2,1-2H3,(H,18,19,21). The smallest absolute Gasteiger partial charge is 0.254 e. The van der Waals surface area contributed by atoms with Gasteiger partial charge >= 0.3 is 0 Å². The largest absolute Gasteiger partial charge is 0.385 e. The van der Waals surface area contributed by atoms with E-state index in [1.165, 1.54) is 16.2 Å². The molecule has 0 saturated heterocycles. The molecular formula is C17H21N3O3S. The van der Waals surface area contributed by atoms with Crippen molar-refractivity contribution in [3.05, 3.63) is 47.0 Å². The molecule has 1 N–H and O–H groups in total. The lowest BCUT2D eigenvalue weighted by Gasteiger charge is -2.22. The van der Waals surface area contributed by atoms with Gasteiger partial charge in [-0.2, -0.15) is 0 Å². The fraction of sp³-hybridized carbons (Fsp3) is 0.353. The number of nitrogens with zero attached hydrogens (tertiary/aromatic N) is 2. The van der Waals surface area contributed by atoms with Gasteiger partial charge in [0, 0.05) is 37.4 Å². The Balaban J connectivity index is 2.03. The molecule has 0 aliphatic heterocycles. The zero-order chi connectivity index (χ0) is 17.4. The number of hydrogen-bond acceptors (Lipinski definition) is 5. The second-order valence-corrected chi connectivity index (χ2v) is 6.22. The van der Waals surface area contributed by atoms with Crippen molar-refractivity contribution in [2.24, 2.45) is 0 Å². The van der Waals surface area contributed by atoms with Crippen LogP contribution in [0.25, 0.3) is 0 Å². The van der Waals surface area contributed by atoms with Crippen molar-refractivity contribution < 1.29 is 14.3 Å². The summed E-state index contributed by atoms with van der Waals surface area (Å²) in [6.45, 7) is 2.93. The molecule has 2 aromatic rings. The highest BCUT2D eigenvalue weighted by atomic mass is 32.1. The normalized spacial score (nSPS) is 10.4. The number of carbonyl (C=O) groups is 2. The molecule has 0 bridgehead atoms. The number of aryl methyl sites for hydroxylation is 1. The molecule has 0 fully saturated rings. The minimum absolute atomic E-state index is 0.0179. The molecule has 1 aromatic carbocycles. The zero-order valence-electron chi connectivity index (χ0n) is 13.8. The van der Waals surface area contributed by atoms with Crippen molar-refractivity contribution in [2.45, 2.75) is 13.3 Å². The lowest BCUT2D eigenvalue weighted by molar-refractivity contribution is -0.116. The highest BCUT2D eigenvalue weighted by molar-refractivity contribution is 7.13. The van der Waals surface area contributed by atoms with Crippen LogP contribution in [0.15, 0.2) is 35.8 Å². The molecule has 1 aromatic heterocycles. The molecule has 0 unspecified atom stereocenters. The molecule has 6 nitrogen and oxygen atoms in total. The van der Waals surface area contributed by atoms with Gasteiger partial charge in [-0.3, -0.25) is 9.59 Å². The predicted octanol–water partition coefficient (Wildman–Crippen LogP) is 2.57. The highest BCUT2D eigenvalue weighted by Gasteiger charge is 2.19. The summed E-state index contributed by atoms with van der Waals surface area (Å²) in [4.78, 5) is 30.4. The Bertz CT molecular complexity index is 656. The third kappa shape index (κ3) is 5.43. The summed E-state index contributed by atoms with van der Waals surface area (Å²) < 4.78 is 5.04. The van der Waals surface area contributed by atoms with Crippen molar-refractivity contribution >= 4 is 28.3 Å². The quantitative estimate of drug-likeness (QED) is 0.745. The Hall–Kier alpha value is -2.25. The third-order valence-electron chi connectivity index (χ3n) is 3.38. The average molecular weight is 347 g/mol. The van der Waals surface area contributed by atoms with Gasteiger partial charge in [0.2, 0.25) is 5.91 Å². The van der Waals surface area contributed by atoms with Crippen LogP contribution in [0, 0.1) is 6.92 Å². The van der Waals surface area contributed by atoms with Crippen LogP contribution < -0.4 is 5.32 Å². The van der Waals surface area contributed by atoms with E-state index in [-0.39, 0.29) is 18.4 Å². The summed E-state index contributed by atoms with van der Waals surface area (Å²) >= 11 is 1.34. The van der Waals surface area contributed by atoms with Crippen molar-refractivity contribution in [2.75, 3.05) is 32.1 Å².